The number of esters is 5. The van der Waals surface area contributed by atoms with E-state index in [0.717, 1.165) is 17.4 Å². The van der Waals surface area contributed by atoms with Crippen molar-refractivity contribution in [2.75, 3.05) is 98.2 Å². The number of aromatic nitrogens is 5. The van der Waals surface area contributed by atoms with Crippen LogP contribution in [0.3, 0.4) is 0 Å². The fourth-order valence-electron chi connectivity index (χ4n) is 13.7. The Kier molecular flexibility index (Phi) is 51.9. The van der Waals surface area contributed by atoms with E-state index < -0.39 is 106 Å². The minimum absolute atomic E-state index is 0. The van der Waals surface area contributed by atoms with Crippen LogP contribution in [0.5, 0.6) is 0 Å². The molecule has 47 heteroatoms. The molecule has 0 unspecified atom stereocenters. The number of amides is 4. The predicted octanol–water partition coefficient (Wildman–Crippen LogP) is 10.9. The van der Waals surface area contributed by atoms with Gasteiger partial charge in [0.25, 0.3) is 20.2 Å². The van der Waals surface area contributed by atoms with Gasteiger partial charge < -0.3 is 96.8 Å². The van der Waals surface area contributed by atoms with Crippen molar-refractivity contribution in [2.24, 2.45) is 0 Å². The molecule has 0 bridgehead atoms. The number of hydrogen-bond acceptors (Lipinski definition) is 38. The molecule has 8 aromatic rings. The molecular weight excluding hydrogens is 2120 g/mol. The van der Waals surface area contributed by atoms with Crippen molar-refractivity contribution in [2.45, 2.75) is 91.0 Å². The van der Waals surface area contributed by atoms with Gasteiger partial charge in [0, 0.05) is 73.7 Å². The molecule has 0 aliphatic carbocycles. The second-order valence-corrected chi connectivity index (χ2v) is 39.9. The predicted molar refractivity (Wildman–Crippen MR) is 540 cm³/mol. The Hall–Kier alpha value is -13.7. The molecule has 776 valence electrons. The lowest BCUT2D eigenvalue weighted by atomic mass is 10.2. The third-order valence-corrected chi connectivity index (χ3v) is 27.1. The zero-order chi connectivity index (χ0) is 105. The Bertz CT molecular complexity index is 5930. The number of thiol groups is 1. The number of halogens is 2. The van der Waals surface area contributed by atoms with Gasteiger partial charge in [-0.3, -0.25) is 23.0 Å². The first-order chi connectivity index (χ1) is 69.1. The molecule has 0 saturated carbocycles. The number of carbonyl (C=O) groups excluding carboxylic acids is 11. The van der Waals surface area contributed by atoms with E-state index >= 15 is 0 Å². The molecule has 4 fully saturated rings. The number of ether oxygens (including phenoxy) is 9. The quantitative estimate of drug-likeness (QED) is 0.00543. The molecule has 5 aromatic heterocycles. The summed E-state index contributed by atoms with van der Waals surface area (Å²) in [6.45, 7) is 34.5. The second-order valence-electron chi connectivity index (χ2n) is 30.5. The molecular formula is C98H110Br2N9O31PS4. The van der Waals surface area contributed by atoms with Crippen molar-refractivity contribution < 1.29 is 160 Å². The Labute approximate surface area is 867 Å². The van der Waals surface area contributed by atoms with Crippen molar-refractivity contribution >= 4 is 168 Å². The van der Waals surface area contributed by atoms with Crippen molar-refractivity contribution in [3.63, 3.8) is 0 Å². The van der Waals surface area contributed by atoms with Crippen LogP contribution in [-0.4, -0.2) is 273 Å². The van der Waals surface area contributed by atoms with Crippen LogP contribution in [0.25, 0.3) is 18.2 Å². The van der Waals surface area contributed by atoms with Gasteiger partial charge in [0.1, 0.15) is 101 Å². The lowest BCUT2D eigenvalue weighted by Crippen LogP contribution is -3.00. The molecule has 0 N–H and O–H groups in total. The molecule has 8 atom stereocenters. The monoisotopic (exact) mass is 2230 g/mol. The first-order valence-electron chi connectivity index (χ1n) is 43.7. The van der Waals surface area contributed by atoms with Crippen LogP contribution in [0.2, 0.25) is 0 Å². The summed E-state index contributed by atoms with van der Waals surface area (Å²) < 4.78 is 125. The fraction of sp³-hybridized carbons (Fsp3) is 0.306. The van der Waals surface area contributed by atoms with Crippen LogP contribution in [-0.2, 0) is 92.3 Å². The van der Waals surface area contributed by atoms with E-state index in [0.29, 0.717) is 66.8 Å². The van der Waals surface area contributed by atoms with Crippen LogP contribution in [0, 0.1) is 0 Å². The van der Waals surface area contributed by atoms with Gasteiger partial charge in [-0.25, -0.2) is 43.2 Å². The topological polar surface area (TPSA) is 501 Å². The molecule has 0 radical (unpaired) electrons. The van der Waals surface area contributed by atoms with E-state index in [1.807, 2.05) is 18.2 Å². The summed E-state index contributed by atoms with van der Waals surface area (Å²) in [5.74, 6) is -0.672. The van der Waals surface area contributed by atoms with Crippen LogP contribution in [0.1, 0.15) is 114 Å². The smallest absolute Gasteiger partial charge is 0.410 e. The van der Waals surface area contributed by atoms with E-state index in [4.69, 9.17) is 73.6 Å². The number of benzene rings is 3. The average molecular weight is 2230 g/mol. The third-order valence-electron chi connectivity index (χ3n) is 19.6. The minimum Gasteiger partial charge on any atom is -1.00 e. The zero-order valence-corrected chi connectivity index (χ0v) is 86.7. The van der Waals surface area contributed by atoms with E-state index in [1.54, 1.807) is 46.2 Å². The van der Waals surface area contributed by atoms with Crippen LogP contribution in [0.15, 0.2) is 276 Å². The lowest BCUT2D eigenvalue weighted by Gasteiger charge is -2.26. The van der Waals surface area contributed by atoms with Crippen LogP contribution in [0.4, 0.5) is 19.2 Å². The Morgan fingerprint density at radius 3 is 1.01 bits per heavy atom. The van der Waals surface area contributed by atoms with Gasteiger partial charge in [0.2, 0.25) is 0 Å². The molecule has 4 saturated heterocycles. The largest absolute Gasteiger partial charge is 1.00 e. The standard InChI is InChI=1S/C26H23NO3P.C19H22N2O6S.C18H22N2O8S.C17H20N2O5S.C10H15NO6S.C8H8BrNO3.BrH/c1-2-18-29-26(28)25-19-21(30-27-25)20-31(22-12-6-3-7-13-22,23-14-8-4-9-15-23)24-16-10-5-11-17-24;1-4-8-25-18(23)17-11-15(27-20-17)7-6-14-10-16(28-13(3)22)12-21(14)19(24)26-9-5-2;1-4-8-25-17(21)16-11-14(27-19-16)7-6-13-10-15(28-29(3,23)24)12-20(13)18(22)26-9-5-2;1-3-7-22-16(20)15-10-13(24-18-15)6-5-12-9-14(25)11-19(12)17(21)23-8-4-2;1-3-4-16-10(13)11-6-9(5-8(11)7-12)17-18(2,14)15;1-2-3-12-8(11)7-4-6(5-9)13-10-7;/h2-17,19H,1,18,20H2;4-7,11,14,16H,1-2,8-10,12H2,3H3;4-7,11,13,15H,1-2,8-10,12H2,3H3;3-6,10,12,14,25H,1-2,7-9,11H2;3,7-9H,1,4-6H2,2H3;2,4H,1,3,5H2;1H/q+1;;;;;;/p-1/b;2*7-6+;6-5+;;;/t;14-,16+;13-,15-;12-,14+;8-,9+;;/m.1110../s1. The van der Waals surface area contributed by atoms with Crippen LogP contribution < -0.4 is 32.9 Å². The SMILES string of the molecule is C=CCOC(=O)N1C[C@H](OS(C)(=O)=O)C[C@H]1C=O.C=CCOC(=O)c1cc(/C=C/[C@@H]2C[C@@H](OS(C)(=O)=O)CN2C(=O)OCC=C)on1.C=CCOC(=O)c1cc(/C=C/[C@@H]2C[C@H](S)CN2C(=O)OCC=C)on1.C=CCOC(=O)c1cc(/C=C/[C@@H]2C[C@H](SC(C)=O)CN2C(=O)OCC=C)on1.C=CCOC(=O)c1cc(CBr)on1.C=CCOC(=O)c1cc(C[P+](c2ccccc2)(c2ccccc2)c2ccccc2)on1.[Br-]. The average Bonchev–Trinajstić information content (AvgIpc) is 0.966. The Balaban J connectivity index is 0.000000270. The van der Waals surface area contributed by atoms with Crippen molar-refractivity contribution in [3.8, 4) is 0 Å². The van der Waals surface area contributed by atoms with Gasteiger partial charge in [-0.05, 0) is 67.5 Å². The highest BCUT2D eigenvalue weighted by Crippen LogP contribution is 2.58. The van der Waals surface area contributed by atoms with Gasteiger partial charge in [-0.1, -0.05) is 240 Å². The van der Waals surface area contributed by atoms with Crippen molar-refractivity contribution in [3.05, 3.63) is 311 Å². The fourth-order valence-corrected chi connectivity index (χ4v) is 20.7. The number of thioether (sulfide) groups is 1. The Morgan fingerprint density at radius 2 is 0.690 bits per heavy atom. The molecule has 4 aliphatic heterocycles. The normalized spacial score (nSPS) is 17.1. The number of rotatable bonds is 41. The summed E-state index contributed by atoms with van der Waals surface area (Å²) in [6, 6.07) is 37.3. The number of likely N-dealkylation sites (tertiary alicyclic amines) is 4. The maximum Gasteiger partial charge on any atom is 0.410 e. The van der Waals surface area contributed by atoms with E-state index in [9.17, 15) is 69.6 Å². The van der Waals surface area contributed by atoms with Gasteiger partial charge in [-0.2, -0.15) is 29.5 Å². The summed E-state index contributed by atoms with van der Waals surface area (Å²) in [7, 11) is -9.42. The lowest BCUT2D eigenvalue weighted by molar-refractivity contribution is -0.111. The van der Waals surface area contributed by atoms with Crippen molar-refractivity contribution in [1.82, 2.24) is 45.4 Å². The molecule has 0 spiro atoms. The molecule has 145 heavy (non-hydrogen) atoms. The van der Waals surface area contributed by atoms with Gasteiger partial charge in [-0.15, -0.1) is 0 Å². The molecule has 40 nitrogen and oxygen atoms in total. The van der Waals surface area contributed by atoms with Gasteiger partial charge in [0.15, 0.2) is 56.6 Å². The van der Waals surface area contributed by atoms with Crippen molar-refractivity contribution in [1.29, 1.82) is 0 Å². The molecule has 4 amide bonds. The number of aldehydes is 1. The maximum atomic E-state index is 12.3. The summed E-state index contributed by atoms with van der Waals surface area (Å²) in [4.78, 5) is 134. The highest BCUT2D eigenvalue weighted by Gasteiger charge is 2.48. The molecule has 4 aliphatic rings. The highest BCUT2D eigenvalue weighted by molar-refractivity contribution is 9.08. The Morgan fingerprint density at radius 1 is 0.407 bits per heavy atom. The van der Waals surface area contributed by atoms with Crippen LogP contribution >= 0.6 is 47.6 Å². The van der Waals surface area contributed by atoms with Gasteiger partial charge in [0.05, 0.1) is 67.3 Å². The first-order valence-corrected chi connectivity index (χ1v) is 51.8. The number of carbonyl (C=O) groups is 11. The molecule has 12 rings (SSSR count). The number of nitrogens with zero attached hydrogens (tertiary/aromatic N) is 9. The second kappa shape index (κ2) is 62.7. The third kappa shape index (κ3) is 40.1. The minimum atomic E-state index is -3.68. The van der Waals surface area contributed by atoms with Gasteiger partial charge >= 0.3 is 54.2 Å². The number of hydrogen-bond donors (Lipinski definition) is 1. The molecule has 9 heterocycles. The zero-order valence-electron chi connectivity index (χ0n) is 79.3. The summed E-state index contributed by atoms with van der Waals surface area (Å²) in [5, 5.41) is 22.7. The highest BCUT2D eigenvalue weighted by atomic mass is 79.9. The molecule has 3 aromatic carbocycles. The summed E-state index contributed by atoms with van der Waals surface area (Å²) >= 11 is 8.80. The number of alkyl halides is 1. The summed E-state index contributed by atoms with van der Waals surface area (Å²) in [5.41, 5.74) is 0.446. The summed E-state index contributed by atoms with van der Waals surface area (Å²) in [6.07, 6.45) is 24.2. The van der Waals surface area contributed by atoms with E-state index in [2.05, 4.69) is 186 Å². The maximum absolute atomic E-state index is 12.3. The van der Waals surface area contributed by atoms with E-state index in [-0.39, 0.29) is 164 Å². The first kappa shape index (κ1) is 120. The van der Waals surface area contributed by atoms with E-state index in [1.165, 1.54) is 125 Å².